The number of aromatic nitrogens is 1. The van der Waals surface area contributed by atoms with Gasteiger partial charge in [-0.25, -0.2) is 0 Å². The summed E-state index contributed by atoms with van der Waals surface area (Å²) in [5.74, 6) is -0.416. The number of hydrogen-bond acceptors (Lipinski definition) is 6. The molecule has 224 valence electrons. The summed E-state index contributed by atoms with van der Waals surface area (Å²) in [5.41, 5.74) is 5.11. The summed E-state index contributed by atoms with van der Waals surface area (Å²) < 4.78 is 11.9. The van der Waals surface area contributed by atoms with Gasteiger partial charge in [0, 0.05) is 24.5 Å². The molecule has 0 saturated carbocycles. The van der Waals surface area contributed by atoms with Crippen LogP contribution >= 0.6 is 0 Å². The third-order valence-corrected chi connectivity index (χ3v) is 7.68. The predicted octanol–water partition coefficient (Wildman–Crippen LogP) is 7.17. The van der Waals surface area contributed by atoms with Crippen LogP contribution < -0.4 is 9.47 Å². The molecule has 7 nitrogen and oxygen atoms in total. The molecule has 1 saturated heterocycles. The zero-order valence-electron chi connectivity index (χ0n) is 24.8. The number of ketones is 1. The molecule has 6 rings (SSSR count). The van der Waals surface area contributed by atoms with E-state index < -0.39 is 17.7 Å². The smallest absolute Gasteiger partial charge is 0.295 e. The number of aliphatic hydroxyl groups excluding tert-OH is 1. The molecule has 1 atom stereocenters. The van der Waals surface area contributed by atoms with E-state index in [9.17, 15) is 14.7 Å². The lowest BCUT2D eigenvalue weighted by Gasteiger charge is -2.25. The Bertz CT molecular complexity index is 1820. The molecule has 45 heavy (non-hydrogen) atoms. The van der Waals surface area contributed by atoms with Crippen LogP contribution in [-0.2, 0) is 29.3 Å². The molecule has 0 spiro atoms. The summed E-state index contributed by atoms with van der Waals surface area (Å²) in [5, 5.41) is 11.5. The molecular weight excluding hydrogens is 564 g/mol. The lowest BCUT2D eigenvalue weighted by Crippen LogP contribution is -2.29. The zero-order valence-corrected chi connectivity index (χ0v) is 24.8. The van der Waals surface area contributed by atoms with E-state index in [1.165, 1.54) is 4.90 Å². The standard InChI is InChI=1S/C38H32N2O5/c1-26-7-5-10-28(21-26)25-45-33-18-14-31(15-19-33)36(41)34-35(40(38(43)37(34)42)23-29-11-6-20-39-22-29)30-12-16-32(17-13-30)44-24-27-8-3-2-4-9-27/h2-22,35,41H,23-25H2,1H3/b36-34-. The number of Topliss-reactive ketones (excluding diaryl/α,β-unsaturated/α-hetero) is 1. The normalized spacial score (nSPS) is 15.7. The number of benzene rings is 4. The second-order valence-corrected chi connectivity index (χ2v) is 10.9. The molecule has 7 heteroatoms. The Morgan fingerprint density at radius 1 is 0.756 bits per heavy atom. The van der Waals surface area contributed by atoms with Crippen molar-refractivity contribution < 1.29 is 24.2 Å². The molecule has 2 heterocycles. The minimum Gasteiger partial charge on any atom is -0.507 e. The summed E-state index contributed by atoms with van der Waals surface area (Å²) in [7, 11) is 0. The number of amides is 1. The lowest BCUT2D eigenvalue weighted by atomic mass is 9.95. The lowest BCUT2D eigenvalue weighted by molar-refractivity contribution is -0.140. The number of carbonyl (C=O) groups is 2. The van der Waals surface area contributed by atoms with Gasteiger partial charge in [0.05, 0.1) is 11.6 Å². The second-order valence-electron chi connectivity index (χ2n) is 10.9. The highest BCUT2D eigenvalue weighted by molar-refractivity contribution is 6.46. The number of likely N-dealkylation sites (tertiary alicyclic amines) is 1. The Hall–Kier alpha value is -5.69. The van der Waals surface area contributed by atoms with Crippen molar-refractivity contribution in [1.29, 1.82) is 0 Å². The van der Waals surface area contributed by atoms with Gasteiger partial charge in [0.25, 0.3) is 11.7 Å². The van der Waals surface area contributed by atoms with Gasteiger partial charge in [0.15, 0.2) is 0 Å². The van der Waals surface area contributed by atoms with Crippen LogP contribution in [0.4, 0.5) is 0 Å². The third kappa shape index (κ3) is 6.78. The minimum atomic E-state index is -0.814. The Labute approximate surface area is 262 Å². The summed E-state index contributed by atoms with van der Waals surface area (Å²) in [6, 6.07) is 34.9. The Morgan fingerprint density at radius 2 is 1.40 bits per heavy atom. The number of pyridine rings is 1. The van der Waals surface area contributed by atoms with Gasteiger partial charge in [0.2, 0.25) is 0 Å². The van der Waals surface area contributed by atoms with Crippen LogP contribution in [0.15, 0.2) is 133 Å². The van der Waals surface area contributed by atoms with Crippen LogP contribution in [0.1, 0.15) is 39.4 Å². The van der Waals surface area contributed by atoms with Crippen molar-refractivity contribution in [1.82, 2.24) is 9.88 Å². The van der Waals surface area contributed by atoms with Gasteiger partial charge in [-0.05, 0) is 71.6 Å². The van der Waals surface area contributed by atoms with Gasteiger partial charge < -0.3 is 19.5 Å². The summed E-state index contributed by atoms with van der Waals surface area (Å²) >= 11 is 0. The zero-order chi connectivity index (χ0) is 31.2. The fourth-order valence-corrected chi connectivity index (χ4v) is 5.40. The number of hydrogen-bond donors (Lipinski definition) is 1. The Morgan fingerprint density at radius 3 is 2.07 bits per heavy atom. The van der Waals surface area contributed by atoms with Crippen molar-refractivity contribution in [3.8, 4) is 11.5 Å². The van der Waals surface area contributed by atoms with Gasteiger partial charge >= 0.3 is 0 Å². The number of nitrogens with zero attached hydrogens (tertiary/aromatic N) is 2. The van der Waals surface area contributed by atoms with Gasteiger partial charge in [-0.2, -0.15) is 0 Å². The fourth-order valence-electron chi connectivity index (χ4n) is 5.40. The Balaban J connectivity index is 1.28. The van der Waals surface area contributed by atoms with Crippen molar-refractivity contribution in [2.24, 2.45) is 0 Å². The molecule has 4 aromatic carbocycles. The number of ether oxygens (including phenoxy) is 2. The van der Waals surface area contributed by atoms with Crippen molar-refractivity contribution in [2.45, 2.75) is 32.7 Å². The number of carbonyl (C=O) groups excluding carboxylic acids is 2. The van der Waals surface area contributed by atoms with E-state index in [0.29, 0.717) is 35.8 Å². The van der Waals surface area contributed by atoms with E-state index in [2.05, 4.69) is 11.1 Å². The predicted molar refractivity (Wildman–Crippen MR) is 171 cm³/mol. The average molecular weight is 597 g/mol. The maximum absolute atomic E-state index is 13.5. The molecule has 1 aliphatic rings. The van der Waals surface area contributed by atoms with E-state index in [4.69, 9.17) is 9.47 Å². The molecule has 0 bridgehead atoms. The SMILES string of the molecule is Cc1cccc(COc2ccc(/C(O)=C3/C(=O)C(=O)N(Cc4cccnc4)C3c3ccc(OCc4ccccc4)cc3)cc2)c1. The van der Waals surface area contributed by atoms with Crippen molar-refractivity contribution >= 4 is 17.4 Å². The van der Waals surface area contributed by atoms with Crippen LogP contribution in [0.2, 0.25) is 0 Å². The van der Waals surface area contributed by atoms with Gasteiger partial charge in [-0.15, -0.1) is 0 Å². The van der Waals surface area contributed by atoms with Gasteiger partial charge in [0.1, 0.15) is 30.5 Å². The molecule has 1 aromatic heterocycles. The molecule has 1 aliphatic heterocycles. The quantitative estimate of drug-likeness (QED) is 0.104. The molecule has 0 aliphatic carbocycles. The van der Waals surface area contributed by atoms with E-state index in [1.807, 2.05) is 85.8 Å². The van der Waals surface area contributed by atoms with Gasteiger partial charge in [-0.3, -0.25) is 14.6 Å². The molecule has 1 N–H and O–H groups in total. The molecule has 1 amide bonds. The highest BCUT2D eigenvalue weighted by Crippen LogP contribution is 2.41. The van der Waals surface area contributed by atoms with Gasteiger partial charge in [-0.1, -0.05) is 78.4 Å². The van der Waals surface area contributed by atoms with Crippen molar-refractivity contribution in [3.63, 3.8) is 0 Å². The monoisotopic (exact) mass is 596 g/mol. The van der Waals surface area contributed by atoms with E-state index >= 15 is 0 Å². The van der Waals surface area contributed by atoms with Crippen molar-refractivity contribution in [3.05, 3.63) is 167 Å². The highest BCUT2D eigenvalue weighted by Gasteiger charge is 2.46. The van der Waals surface area contributed by atoms with Crippen molar-refractivity contribution in [2.75, 3.05) is 0 Å². The number of rotatable bonds is 10. The maximum Gasteiger partial charge on any atom is 0.295 e. The van der Waals surface area contributed by atoms with Crippen LogP contribution in [-0.4, -0.2) is 26.7 Å². The van der Waals surface area contributed by atoms with E-state index in [1.54, 1.807) is 42.7 Å². The first-order valence-electron chi connectivity index (χ1n) is 14.7. The molecule has 0 radical (unpaired) electrons. The van der Waals surface area contributed by atoms with Crippen LogP contribution in [0.25, 0.3) is 5.76 Å². The van der Waals surface area contributed by atoms with E-state index in [-0.39, 0.29) is 17.9 Å². The summed E-state index contributed by atoms with van der Waals surface area (Å²) in [4.78, 5) is 32.6. The number of aliphatic hydroxyl groups is 1. The summed E-state index contributed by atoms with van der Waals surface area (Å²) in [6.45, 7) is 2.99. The highest BCUT2D eigenvalue weighted by atomic mass is 16.5. The minimum absolute atomic E-state index is 0.0234. The molecule has 1 unspecified atom stereocenters. The number of aryl methyl sites for hydroxylation is 1. The van der Waals surface area contributed by atoms with Crippen LogP contribution in [0.3, 0.4) is 0 Å². The molecule has 1 fully saturated rings. The topological polar surface area (TPSA) is 89.0 Å². The largest absolute Gasteiger partial charge is 0.507 e. The van der Waals surface area contributed by atoms with Crippen LogP contribution in [0.5, 0.6) is 11.5 Å². The van der Waals surface area contributed by atoms with Crippen LogP contribution in [0, 0.1) is 6.92 Å². The second kappa shape index (κ2) is 13.3. The average Bonchev–Trinajstić information content (AvgIpc) is 3.32. The Kier molecular flexibility index (Phi) is 8.69. The molecule has 5 aromatic rings. The first-order valence-corrected chi connectivity index (χ1v) is 14.7. The summed E-state index contributed by atoms with van der Waals surface area (Å²) in [6.07, 6.45) is 3.31. The first kappa shape index (κ1) is 29.4. The molecular formula is C38H32N2O5. The van der Waals surface area contributed by atoms with E-state index in [0.717, 1.165) is 22.3 Å². The fraction of sp³-hybridized carbons (Fsp3) is 0.132. The third-order valence-electron chi connectivity index (χ3n) is 7.68. The maximum atomic E-state index is 13.5. The first-order chi connectivity index (χ1) is 22.0.